The van der Waals surface area contributed by atoms with Crippen LogP contribution >= 0.6 is 0 Å². The van der Waals surface area contributed by atoms with Crippen molar-refractivity contribution in [2.24, 2.45) is 13.0 Å². The lowest BCUT2D eigenvalue weighted by molar-refractivity contribution is -0.123. The number of carbonyl (C=O) groups is 2. The molecule has 1 fully saturated rings. The zero-order chi connectivity index (χ0) is 20.3. The average Bonchev–Trinajstić information content (AvgIpc) is 2.69. The molecule has 0 spiro atoms. The van der Waals surface area contributed by atoms with Gasteiger partial charge in [-0.2, -0.15) is 0 Å². The molecule has 1 N–H and O–H groups in total. The molecule has 0 aliphatic carbocycles. The highest BCUT2D eigenvalue weighted by Gasteiger charge is 2.30. The summed E-state index contributed by atoms with van der Waals surface area (Å²) in [5.74, 6) is 0.0853. The lowest BCUT2D eigenvalue weighted by Crippen LogP contribution is -2.50. The number of amides is 2. The molecule has 1 aliphatic rings. The molecule has 28 heavy (non-hydrogen) atoms. The Morgan fingerprint density at radius 3 is 2.89 bits per heavy atom. The topological polar surface area (TPSA) is 93.5 Å². The van der Waals surface area contributed by atoms with E-state index in [0.717, 1.165) is 0 Å². The average molecular weight is 386 g/mol. The van der Waals surface area contributed by atoms with E-state index in [9.17, 15) is 14.4 Å². The Morgan fingerprint density at radius 2 is 2.14 bits per heavy atom. The van der Waals surface area contributed by atoms with E-state index < -0.39 is 0 Å². The minimum Gasteiger partial charge on any atom is -0.377 e. The van der Waals surface area contributed by atoms with Crippen LogP contribution in [0.15, 0.2) is 29.3 Å². The van der Waals surface area contributed by atoms with Crippen molar-refractivity contribution < 1.29 is 14.3 Å². The maximum Gasteiger partial charge on any atom is 0.260 e. The van der Waals surface area contributed by atoms with E-state index in [1.807, 2.05) is 13.8 Å². The molecule has 0 bridgehead atoms. The van der Waals surface area contributed by atoms with Crippen molar-refractivity contribution in [3.63, 3.8) is 0 Å². The molecule has 1 atom stereocenters. The maximum atomic E-state index is 13.1. The number of nitrogens with one attached hydrogen (secondary N) is 1. The number of aromatic nitrogens is 2. The van der Waals surface area contributed by atoms with Gasteiger partial charge >= 0.3 is 0 Å². The van der Waals surface area contributed by atoms with Crippen molar-refractivity contribution in [2.75, 3.05) is 26.3 Å². The number of rotatable bonds is 5. The van der Waals surface area contributed by atoms with Gasteiger partial charge in [-0.1, -0.05) is 13.8 Å². The minimum absolute atomic E-state index is 0.0920. The van der Waals surface area contributed by atoms with Crippen molar-refractivity contribution in [2.45, 2.75) is 26.3 Å². The van der Waals surface area contributed by atoms with Crippen molar-refractivity contribution in [3.05, 3.63) is 40.4 Å². The van der Waals surface area contributed by atoms with Crippen molar-refractivity contribution >= 4 is 22.7 Å². The van der Waals surface area contributed by atoms with Gasteiger partial charge in [0, 0.05) is 32.1 Å². The highest BCUT2D eigenvalue weighted by atomic mass is 16.5. The van der Waals surface area contributed by atoms with Gasteiger partial charge in [0.25, 0.3) is 11.5 Å². The molecule has 150 valence electrons. The van der Waals surface area contributed by atoms with Gasteiger partial charge in [0.05, 0.1) is 36.5 Å². The Kier molecular flexibility index (Phi) is 6.08. The van der Waals surface area contributed by atoms with Crippen LogP contribution in [-0.2, 0) is 16.6 Å². The lowest BCUT2D eigenvalue weighted by atomic mass is 10.1. The summed E-state index contributed by atoms with van der Waals surface area (Å²) in [5.41, 5.74) is 0.770. The van der Waals surface area contributed by atoms with Gasteiger partial charge in [0.2, 0.25) is 5.91 Å². The van der Waals surface area contributed by atoms with E-state index in [4.69, 9.17) is 4.74 Å². The SMILES string of the molecule is CC(C)CNC(=O)C[C@@H]1COCCN1C(=O)c1ccc2c(=O)n(C)cnc2c1. The van der Waals surface area contributed by atoms with Crippen LogP contribution in [0.4, 0.5) is 0 Å². The van der Waals surface area contributed by atoms with Crippen LogP contribution in [-0.4, -0.2) is 58.6 Å². The fourth-order valence-corrected chi connectivity index (χ4v) is 3.20. The summed E-state index contributed by atoms with van der Waals surface area (Å²) in [4.78, 5) is 43.4. The maximum absolute atomic E-state index is 13.1. The van der Waals surface area contributed by atoms with Gasteiger partial charge in [-0.25, -0.2) is 4.98 Å². The molecule has 2 aromatic rings. The normalized spacial score (nSPS) is 17.1. The number of nitrogens with zero attached hydrogens (tertiary/aromatic N) is 3. The number of hydrogen-bond acceptors (Lipinski definition) is 5. The number of fused-ring (bicyclic) bond motifs is 1. The summed E-state index contributed by atoms with van der Waals surface area (Å²) in [7, 11) is 1.64. The molecule has 8 heteroatoms. The quantitative estimate of drug-likeness (QED) is 0.825. The first-order valence-corrected chi connectivity index (χ1v) is 9.47. The largest absolute Gasteiger partial charge is 0.377 e. The summed E-state index contributed by atoms with van der Waals surface area (Å²) < 4.78 is 6.89. The highest BCUT2D eigenvalue weighted by Crippen LogP contribution is 2.17. The van der Waals surface area contributed by atoms with E-state index >= 15 is 0 Å². The Labute approximate surface area is 163 Å². The van der Waals surface area contributed by atoms with Crippen LogP contribution in [0.3, 0.4) is 0 Å². The van der Waals surface area contributed by atoms with Crippen LogP contribution < -0.4 is 10.9 Å². The summed E-state index contributed by atoms with van der Waals surface area (Å²) in [6, 6.07) is 4.58. The second-order valence-electron chi connectivity index (χ2n) is 7.52. The third-order valence-electron chi connectivity index (χ3n) is 4.78. The molecule has 1 saturated heterocycles. The Bertz CT molecular complexity index is 937. The van der Waals surface area contributed by atoms with Gasteiger partial charge in [0.15, 0.2) is 0 Å². The molecule has 0 unspecified atom stereocenters. The summed E-state index contributed by atoms with van der Waals surface area (Å²) >= 11 is 0. The number of ether oxygens (including phenoxy) is 1. The van der Waals surface area contributed by atoms with Crippen LogP contribution in [0.5, 0.6) is 0 Å². The highest BCUT2D eigenvalue weighted by molar-refractivity contribution is 5.98. The number of hydrogen-bond donors (Lipinski definition) is 1. The summed E-state index contributed by atoms with van der Waals surface area (Å²) in [6.07, 6.45) is 1.64. The smallest absolute Gasteiger partial charge is 0.260 e. The number of benzene rings is 1. The monoisotopic (exact) mass is 386 g/mol. The fraction of sp³-hybridized carbons (Fsp3) is 0.500. The fourth-order valence-electron chi connectivity index (χ4n) is 3.20. The molecule has 0 saturated carbocycles. The van der Waals surface area contributed by atoms with E-state index in [0.29, 0.717) is 48.7 Å². The molecule has 8 nitrogen and oxygen atoms in total. The second kappa shape index (κ2) is 8.52. The first-order chi connectivity index (χ1) is 13.4. The molecule has 1 aromatic carbocycles. The van der Waals surface area contributed by atoms with Gasteiger partial charge in [-0.15, -0.1) is 0 Å². The molecule has 2 heterocycles. The molecule has 3 rings (SSSR count). The predicted octanol–water partition coefficient (Wildman–Crippen LogP) is 0.937. The first kappa shape index (κ1) is 20.0. The Hall–Kier alpha value is -2.74. The van der Waals surface area contributed by atoms with Crippen LogP contribution in [0.2, 0.25) is 0 Å². The van der Waals surface area contributed by atoms with Gasteiger partial charge in [-0.3, -0.25) is 14.4 Å². The van der Waals surface area contributed by atoms with E-state index in [1.165, 1.54) is 10.9 Å². The summed E-state index contributed by atoms with van der Waals surface area (Å²) in [6.45, 7) is 5.84. The molecular formula is C20H26N4O4. The zero-order valence-electron chi connectivity index (χ0n) is 16.5. The van der Waals surface area contributed by atoms with Gasteiger partial charge < -0.3 is 19.5 Å². The molecule has 1 aliphatic heterocycles. The third kappa shape index (κ3) is 4.39. The van der Waals surface area contributed by atoms with Crippen molar-refractivity contribution in [3.8, 4) is 0 Å². The zero-order valence-corrected chi connectivity index (χ0v) is 16.5. The number of aryl methyl sites for hydroxylation is 1. The number of morpholine rings is 1. The van der Waals surface area contributed by atoms with E-state index in [-0.39, 0.29) is 29.8 Å². The molecule has 2 amide bonds. The predicted molar refractivity (Wildman–Crippen MR) is 105 cm³/mol. The Morgan fingerprint density at radius 1 is 1.36 bits per heavy atom. The van der Waals surface area contributed by atoms with Gasteiger partial charge in [0.1, 0.15) is 0 Å². The van der Waals surface area contributed by atoms with E-state index in [2.05, 4.69) is 10.3 Å². The summed E-state index contributed by atoms with van der Waals surface area (Å²) in [5, 5.41) is 3.35. The second-order valence-corrected chi connectivity index (χ2v) is 7.52. The molecule has 0 radical (unpaired) electrons. The number of carbonyl (C=O) groups excluding carboxylic acids is 2. The standard InChI is InChI=1S/C20H26N4O4/c1-13(2)10-21-18(25)9-15-11-28-7-6-24(15)19(26)14-4-5-16-17(8-14)22-12-23(3)20(16)27/h4-5,8,12-13,15H,6-7,9-11H2,1-3H3,(H,21,25)/t15-/m1/s1. The first-order valence-electron chi connectivity index (χ1n) is 9.47. The lowest BCUT2D eigenvalue weighted by Gasteiger charge is -2.35. The van der Waals surface area contributed by atoms with Gasteiger partial charge in [-0.05, 0) is 24.1 Å². The Balaban J connectivity index is 1.79. The van der Waals surface area contributed by atoms with Crippen molar-refractivity contribution in [1.82, 2.24) is 19.8 Å². The third-order valence-corrected chi connectivity index (χ3v) is 4.78. The molecule has 1 aromatic heterocycles. The van der Waals surface area contributed by atoms with Crippen LogP contribution in [0, 0.1) is 5.92 Å². The van der Waals surface area contributed by atoms with E-state index in [1.54, 1.807) is 30.1 Å². The van der Waals surface area contributed by atoms with Crippen molar-refractivity contribution in [1.29, 1.82) is 0 Å². The van der Waals surface area contributed by atoms with Crippen LogP contribution in [0.25, 0.3) is 10.9 Å². The minimum atomic E-state index is -0.319. The van der Waals surface area contributed by atoms with Crippen LogP contribution in [0.1, 0.15) is 30.6 Å². The molecular weight excluding hydrogens is 360 g/mol.